The SMILES string of the molecule is CC(C)(C)OC=O.CC(C)(C)c1ccc(C(=O)[C@@H]2CCCN2)cc1. The summed E-state index contributed by atoms with van der Waals surface area (Å²) in [6, 6.07) is 8.10. The van der Waals surface area contributed by atoms with Gasteiger partial charge in [0.2, 0.25) is 0 Å². The Balaban J connectivity index is 0.000000351. The maximum absolute atomic E-state index is 12.1. The normalized spacial score (nSPS) is 17.7. The number of ether oxygens (including phenoxy) is 1. The summed E-state index contributed by atoms with van der Waals surface area (Å²) < 4.78 is 4.55. The Morgan fingerprint density at radius 1 is 1.12 bits per heavy atom. The Hall–Kier alpha value is -1.68. The van der Waals surface area contributed by atoms with Crippen molar-refractivity contribution in [2.45, 2.75) is 71.4 Å². The molecule has 4 heteroatoms. The van der Waals surface area contributed by atoms with Gasteiger partial charge in [-0.2, -0.15) is 0 Å². The lowest BCUT2D eigenvalue weighted by atomic mass is 9.86. The molecule has 0 saturated carbocycles. The number of hydrogen-bond acceptors (Lipinski definition) is 4. The molecule has 0 aliphatic carbocycles. The molecule has 1 aromatic rings. The van der Waals surface area contributed by atoms with Crippen LogP contribution in [0.2, 0.25) is 0 Å². The molecule has 1 saturated heterocycles. The van der Waals surface area contributed by atoms with Crippen LogP contribution in [0.3, 0.4) is 0 Å². The maximum Gasteiger partial charge on any atom is 0.293 e. The number of ketones is 1. The van der Waals surface area contributed by atoms with Crippen molar-refractivity contribution >= 4 is 12.3 Å². The van der Waals surface area contributed by atoms with Crippen molar-refractivity contribution in [3.8, 4) is 0 Å². The molecule has 134 valence electrons. The van der Waals surface area contributed by atoms with Crippen LogP contribution in [-0.4, -0.2) is 30.4 Å². The molecule has 0 bridgehead atoms. The summed E-state index contributed by atoms with van der Waals surface area (Å²) in [6.07, 6.45) is 2.08. The topological polar surface area (TPSA) is 55.4 Å². The lowest BCUT2D eigenvalue weighted by Crippen LogP contribution is -2.30. The minimum absolute atomic E-state index is 0.0375. The molecule has 4 nitrogen and oxygen atoms in total. The molecule has 0 spiro atoms. The van der Waals surface area contributed by atoms with Crippen LogP contribution in [0.15, 0.2) is 24.3 Å². The minimum atomic E-state index is -0.318. The lowest BCUT2D eigenvalue weighted by molar-refractivity contribution is -0.138. The van der Waals surface area contributed by atoms with Crippen LogP contribution >= 0.6 is 0 Å². The largest absolute Gasteiger partial charge is 0.462 e. The van der Waals surface area contributed by atoms with E-state index in [2.05, 4.69) is 43.0 Å². The number of hydrogen-bond donors (Lipinski definition) is 1. The second-order valence-electron chi connectivity index (χ2n) is 8.17. The van der Waals surface area contributed by atoms with Crippen LogP contribution in [0.1, 0.15) is 70.3 Å². The fraction of sp³-hybridized carbons (Fsp3) is 0.600. The molecular weight excluding hydrogens is 302 g/mol. The fourth-order valence-electron chi connectivity index (χ4n) is 2.39. The summed E-state index contributed by atoms with van der Waals surface area (Å²) in [5.41, 5.74) is 1.93. The van der Waals surface area contributed by atoms with E-state index in [1.165, 1.54) is 5.56 Å². The highest BCUT2D eigenvalue weighted by Crippen LogP contribution is 2.23. The molecule has 0 aromatic heterocycles. The van der Waals surface area contributed by atoms with Gasteiger partial charge in [0.25, 0.3) is 6.47 Å². The molecule has 0 radical (unpaired) electrons. The highest BCUT2D eigenvalue weighted by atomic mass is 16.5. The van der Waals surface area contributed by atoms with Crippen molar-refractivity contribution in [2.75, 3.05) is 6.54 Å². The van der Waals surface area contributed by atoms with Gasteiger partial charge >= 0.3 is 0 Å². The van der Waals surface area contributed by atoms with E-state index in [-0.39, 0.29) is 22.8 Å². The first-order valence-electron chi connectivity index (χ1n) is 8.54. The van der Waals surface area contributed by atoms with E-state index in [4.69, 9.17) is 0 Å². The molecule has 1 fully saturated rings. The summed E-state index contributed by atoms with van der Waals surface area (Å²) in [5, 5.41) is 3.25. The third kappa shape index (κ3) is 6.83. The van der Waals surface area contributed by atoms with Crippen LogP contribution < -0.4 is 5.32 Å². The average Bonchev–Trinajstić information content (AvgIpc) is 2.99. The summed E-state index contributed by atoms with van der Waals surface area (Å²) in [6.45, 7) is 13.4. The van der Waals surface area contributed by atoms with Crippen molar-refractivity contribution in [3.63, 3.8) is 0 Å². The van der Waals surface area contributed by atoms with Gasteiger partial charge in [0.1, 0.15) is 5.60 Å². The quantitative estimate of drug-likeness (QED) is 0.674. The first-order chi connectivity index (χ1) is 11.0. The zero-order valence-corrected chi connectivity index (χ0v) is 15.8. The van der Waals surface area contributed by atoms with E-state index >= 15 is 0 Å². The Bertz CT molecular complexity index is 529. The van der Waals surface area contributed by atoms with Gasteiger partial charge in [-0.3, -0.25) is 9.59 Å². The van der Waals surface area contributed by atoms with Crippen LogP contribution in [-0.2, 0) is 14.9 Å². The summed E-state index contributed by atoms with van der Waals surface area (Å²) >= 11 is 0. The summed E-state index contributed by atoms with van der Waals surface area (Å²) in [7, 11) is 0. The molecule has 1 N–H and O–H groups in total. The molecule has 1 heterocycles. The van der Waals surface area contributed by atoms with E-state index in [0.717, 1.165) is 24.9 Å². The van der Waals surface area contributed by atoms with Gasteiger partial charge in [-0.05, 0) is 51.1 Å². The Labute approximate surface area is 146 Å². The number of Topliss-reactive ketones (excluding diaryl/α,β-unsaturated/α-hetero) is 1. The summed E-state index contributed by atoms with van der Waals surface area (Å²) in [4.78, 5) is 21.7. The molecule has 2 rings (SSSR count). The van der Waals surface area contributed by atoms with Gasteiger partial charge in [-0.25, -0.2) is 0 Å². The molecular formula is C20H31NO3. The number of benzene rings is 1. The number of rotatable bonds is 3. The Morgan fingerprint density at radius 3 is 2.04 bits per heavy atom. The van der Waals surface area contributed by atoms with Crippen molar-refractivity contribution in [1.29, 1.82) is 0 Å². The van der Waals surface area contributed by atoms with Crippen molar-refractivity contribution in [3.05, 3.63) is 35.4 Å². The van der Waals surface area contributed by atoms with Crippen LogP contribution in [0.4, 0.5) is 0 Å². The third-order valence-electron chi connectivity index (χ3n) is 3.81. The third-order valence-corrected chi connectivity index (χ3v) is 3.81. The first-order valence-corrected chi connectivity index (χ1v) is 8.54. The first kappa shape index (κ1) is 20.4. The van der Waals surface area contributed by atoms with E-state index in [1.54, 1.807) is 0 Å². The molecule has 1 aliphatic heterocycles. The monoisotopic (exact) mass is 333 g/mol. The minimum Gasteiger partial charge on any atom is -0.462 e. The summed E-state index contributed by atoms with van der Waals surface area (Å²) in [5.74, 6) is 0.239. The zero-order chi connectivity index (χ0) is 18.4. The second kappa shape index (κ2) is 8.43. The van der Waals surface area contributed by atoms with E-state index in [1.807, 2.05) is 32.9 Å². The Kier molecular flexibility index (Phi) is 7.15. The van der Waals surface area contributed by atoms with E-state index in [9.17, 15) is 9.59 Å². The lowest BCUT2D eigenvalue weighted by Gasteiger charge is -2.19. The standard InChI is InChI=1S/C15H21NO.C5H10O2/c1-15(2,3)12-8-6-11(7-9-12)14(17)13-5-4-10-16-13;1-5(2,3)7-4-6/h6-9,13,16H,4-5,10H2,1-3H3;4H,1-3H3/t13-;/m0./s1. The smallest absolute Gasteiger partial charge is 0.293 e. The molecule has 0 unspecified atom stereocenters. The van der Waals surface area contributed by atoms with Gasteiger partial charge in [-0.1, -0.05) is 45.0 Å². The zero-order valence-electron chi connectivity index (χ0n) is 15.8. The molecule has 1 aromatic carbocycles. The van der Waals surface area contributed by atoms with Crippen molar-refractivity contribution in [1.82, 2.24) is 5.32 Å². The van der Waals surface area contributed by atoms with E-state index in [0.29, 0.717) is 6.47 Å². The Morgan fingerprint density at radius 2 is 1.71 bits per heavy atom. The molecule has 0 amide bonds. The van der Waals surface area contributed by atoms with Crippen molar-refractivity contribution in [2.24, 2.45) is 0 Å². The fourth-order valence-corrected chi connectivity index (χ4v) is 2.39. The average molecular weight is 333 g/mol. The van der Waals surface area contributed by atoms with Gasteiger partial charge in [-0.15, -0.1) is 0 Å². The molecule has 1 aliphatic rings. The van der Waals surface area contributed by atoms with Gasteiger partial charge < -0.3 is 10.1 Å². The highest BCUT2D eigenvalue weighted by Gasteiger charge is 2.23. The predicted octanol–water partition coefficient (Wildman–Crippen LogP) is 3.88. The van der Waals surface area contributed by atoms with Crippen LogP contribution in [0.25, 0.3) is 0 Å². The van der Waals surface area contributed by atoms with Gasteiger partial charge in [0, 0.05) is 5.56 Å². The molecule has 24 heavy (non-hydrogen) atoms. The number of carbonyl (C=O) groups excluding carboxylic acids is 2. The van der Waals surface area contributed by atoms with Crippen LogP contribution in [0.5, 0.6) is 0 Å². The maximum atomic E-state index is 12.1. The van der Waals surface area contributed by atoms with Gasteiger partial charge in [0.15, 0.2) is 5.78 Å². The van der Waals surface area contributed by atoms with Crippen molar-refractivity contribution < 1.29 is 14.3 Å². The second-order valence-corrected chi connectivity index (χ2v) is 8.17. The van der Waals surface area contributed by atoms with Gasteiger partial charge in [0.05, 0.1) is 6.04 Å². The van der Waals surface area contributed by atoms with E-state index < -0.39 is 0 Å². The predicted molar refractivity (Wildman–Crippen MR) is 97.4 cm³/mol. The number of carbonyl (C=O) groups is 2. The number of nitrogens with one attached hydrogen (secondary N) is 1. The molecule has 1 atom stereocenters. The van der Waals surface area contributed by atoms with Crippen LogP contribution in [0, 0.1) is 0 Å². The highest BCUT2D eigenvalue weighted by molar-refractivity contribution is 6.00.